The summed E-state index contributed by atoms with van der Waals surface area (Å²) >= 11 is 0. The SMILES string of the molecule is Cc1[nH]ncc1C(=O)N1CCC(C(C)N)C1. The van der Waals surface area contributed by atoms with Gasteiger partial charge in [0, 0.05) is 24.8 Å². The first-order chi connectivity index (χ1) is 7.59. The zero-order valence-corrected chi connectivity index (χ0v) is 9.73. The van der Waals surface area contributed by atoms with Gasteiger partial charge in [0.2, 0.25) is 0 Å². The van der Waals surface area contributed by atoms with Gasteiger partial charge in [-0.05, 0) is 26.2 Å². The molecule has 0 saturated carbocycles. The number of carbonyl (C=O) groups excluding carboxylic acids is 1. The third-order valence-electron chi connectivity index (χ3n) is 3.32. The van der Waals surface area contributed by atoms with Crippen LogP contribution in [-0.4, -0.2) is 40.1 Å². The monoisotopic (exact) mass is 222 g/mol. The van der Waals surface area contributed by atoms with Crippen molar-refractivity contribution in [3.8, 4) is 0 Å². The van der Waals surface area contributed by atoms with Gasteiger partial charge in [0.25, 0.3) is 5.91 Å². The fraction of sp³-hybridized carbons (Fsp3) is 0.636. The maximum Gasteiger partial charge on any atom is 0.257 e. The van der Waals surface area contributed by atoms with E-state index in [1.54, 1.807) is 6.20 Å². The van der Waals surface area contributed by atoms with Crippen molar-refractivity contribution >= 4 is 5.91 Å². The summed E-state index contributed by atoms with van der Waals surface area (Å²) in [6.45, 7) is 5.43. The van der Waals surface area contributed by atoms with Crippen molar-refractivity contribution in [1.29, 1.82) is 0 Å². The number of aromatic amines is 1. The number of aryl methyl sites for hydroxylation is 1. The minimum atomic E-state index is 0.0643. The van der Waals surface area contributed by atoms with E-state index in [1.807, 2.05) is 18.7 Å². The molecule has 1 aromatic rings. The lowest BCUT2D eigenvalue weighted by Crippen LogP contribution is -2.33. The summed E-state index contributed by atoms with van der Waals surface area (Å²) in [6.07, 6.45) is 2.59. The van der Waals surface area contributed by atoms with Crippen LogP contribution >= 0.6 is 0 Å². The van der Waals surface area contributed by atoms with Crippen LogP contribution in [-0.2, 0) is 0 Å². The Morgan fingerprint density at radius 1 is 1.75 bits per heavy atom. The number of H-pyrrole nitrogens is 1. The summed E-state index contributed by atoms with van der Waals surface area (Å²) in [6, 6.07) is 0.156. The number of hydrogen-bond acceptors (Lipinski definition) is 3. The molecular formula is C11H18N4O. The second-order valence-corrected chi connectivity index (χ2v) is 4.57. The minimum absolute atomic E-state index is 0.0643. The van der Waals surface area contributed by atoms with E-state index in [2.05, 4.69) is 10.2 Å². The van der Waals surface area contributed by atoms with Gasteiger partial charge in [0.1, 0.15) is 0 Å². The molecule has 0 aliphatic carbocycles. The first-order valence-electron chi connectivity index (χ1n) is 5.64. The lowest BCUT2D eigenvalue weighted by atomic mass is 10.0. The molecule has 5 heteroatoms. The van der Waals surface area contributed by atoms with Crippen molar-refractivity contribution in [3.63, 3.8) is 0 Å². The molecule has 2 heterocycles. The Hall–Kier alpha value is -1.36. The number of amides is 1. The maximum atomic E-state index is 12.1. The molecule has 0 radical (unpaired) electrons. The number of nitrogens with one attached hydrogen (secondary N) is 1. The molecule has 2 rings (SSSR count). The van der Waals surface area contributed by atoms with E-state index in [9.17, 15) is 4.79 Å². The summed E-state index contributed by atoms with van der Waals surface area (Å²) in [5.74, 6) is 0.491. The zero-order valence-electron chi connectivity index (χ0n) is 9.73. The molecule has 1 saturated heterocycles. The number of aromatic nitrogens is 2. The van der Waals surface area contributed by atoms with Crippen molar-refractivity contribution in [3.05, 3.63) is 17.5 Å². The molecule has 1 fully saturated rings. The maximum absolute atomic E-state index is 12.1. The van der Waals surface area contributed by atoms with E-state index in [1.165, 1.54) is 0 Å². The standard InChI is InChI=1S/C11H18N4O/c1-7(12)9-3-4-15(6-9)11(16)10-5-13-14-8(10)2/h5,7,9H,3-4,6,12H2,1-2H3,(H,13,14). The Labute approximate surface area is 95.0 Å². The Bertz CT molecular complexity index is 385. The predicted molar refractivity (Wildman–Crippen MR) is 61.0 cm³/mol. The van der Waals surface area contributed by atoms with Gasteiger partial charge in [-0.1, -0.05) is 0 Å². The number of nitrogens with zero attached hydrogens (tertiary/aromatic N) is 2. The van der Waals surface area contributed by atoms with Crippen LogP contribution in [0.1, 0.15) is 29.4 Å². The summed E-state index contributed by atoms with van der Waals surface area (Å²) in [4.78, 5) is 14.0. The fourth-order valence-corrected chi connectivity index (χ4v) is 2.14. The van der Waals surface area contributed by atoms with E-state index < -0.39 is 0 Å². The Morgan fingerprint density at radius 3 is 3.00 bits per heavy atom. The van der Waals surface area contributed by atoms with Crippen molar-refractivity contribution in [2.24, 2.45) is 11.7 Å². The third kappa shape index (κ3) is 1.95. The van der Waals surface area contributed by atoms with Gasteiger partial charge in [-0.3, -0.25) is 9.89 Å². The van der Waals surface area contributed by atoms with Gasteiger partial charge in [-0.15, -0.1) is 0 Å². The quantitative estimate of drug-likeness (QED) is 0.766. The van der Waals surface area contributed by atoms with Gasteiger partial charge in [0.15, 0.2) is 0 Å². The van der Waals surface area contributed by atoms with Crippen molar-refractivity contribution in [2.75, 3.05) is 13.1 Å². The van der Waals surface area contributed by atoms with Crippen molar-refractivity contribution in [1.82, 2.24) is 15.1 Å². The molecule has 1 aliphatic rings. The third-order valence-corrected chi connectivity index (χ3v) is 3.32. The molecule has 2 atom stereocenters. The summed E-state index contributed by atoms with van der Waals surface area (Å²) in [5, 5.41) is 6.66. The molecule has 1 amide bonds. The summed E-state index contributed by atoms with van der Waals surface area (Å²) in [7, 11) is 0. The van der Waals surface area contributed by atoms with Crippen LogP contribution in [0.15, 0.2) is 6.20 Å². The second kappa shape index (κ2) is 4.25. The van der Waals surface area contributed by atoms with Crippen LogP contribution in [0.3, 0.4) is 0 Å². The minimum Gasteiger partial charge on any atom is -0.338 e. The molecule has 5 nitrogen and oxygen atoms in total. The number of hydrogen-bond donors (Lipinski definition) is 2. The fourth-order valence-electron chi connectivity index (χ4n) is 2.14. The smallest absolute Gasteiger partial charge is 0.257 e. The average molecular weight is 222 g/mol. The van der Waals surface area contributed by atoms with Crippen LogP contribution in [0.5, 0.6) is 0 Å². The van der Waals surface area contributed by atoms with Gasteiger partial charge in [0.05, 0.1) is 11.8 Å². The highest BCUT2D eigenvalue weighted by Crippen LogP contribution is 2.21. The Morgan fingerprint density at radius 2 is 2.50 bits per heavy atom. The molecule has 88 valence electrons. The van der Waals surface area contributed by atoms with Gasteiger partial charge in [-0.2, -0.15) is 5.10 Å². The van der Waals surface area contributed by atoms with Crippen molar-refractivity contribution in [2.45, 2.75) is 26.3 Å². The summed E-state index contributed by atoms with van der Waals surface area (Å²) in [5.41, 5.74) is 7.35. The lowest BCUT2D eigenvalue weighted by Gasteiger charge is -2.17. The molecule has 0 spiro atoms. The van der Waals surface area contributed by atoms with E-state index in [4.69, 9.17) is 5.73 Å². The predicted octanol–water partition coefficient (Wildman–Crippen LogP) is 0.527. The van der Waals surface area contributed by atoms with Crippen LogP contribution in [0, 0.1) is 12.8 Å². The topological polar surface area (TPSA) is 75.0 Å². The average Bonchev–Trinajstić information content (AvgIpc) is 2.84. The van der Waals surface area contributed by atoms with Crippen LogP contribution in [0.2, 0.25) is 0 Å². The van der Waals surface area contributed by atoms with Gasteiger partial charge in [-0.25, -0.2) is 0 Å². The lowest BCUT2D eigenvalue weighted by molar-refractivity contribution is 0.0785. The Balaban J connectivity index is 2.05. The largest absolute Gasteiger partial charge is 0.338 e. The van der Waals surface area contributed by atoms with Gasteiger partial charge >= 0.3 is 0 Å². The van der Waals surface area contributed by atoms with Crippen LogP contribution in [0.25, 0.3) is 0 Å². The number of carbonyl (C=O) groups is 1. The molecular weight excluding hydrogens is 204 g/mol. The van der Waals surface area contributed by atoms with E-state index >= 15 is 0 Å². The van der Waals surface area contributed by atoms with Crippen LogP contribution < -0.4 is 5.73 Å². The number of nitrogens with two attached hydrogens (primary N) is 1. The van der Waals surface area contributed by atoms with Crippen molar-refractivity contribution < 1.29 is 4.79 Å². The van der Waals surface area contributed by atoms with E-state index in [0.29, 0.717) is 11.5 Å². The number of rotatable bonds is 2. The number of likely N-dealkylation sites (tertiary alicyclic amines) is 1. The molecule has 3 N–H and O–H groups in total. The molecule has 1 aromatic heterocycles. The second-order valence-electron chi connectivity index (χ2n) is 4.57. The van der Waals surface area contributed by atoms with Crippen LogP contribution in [0.4, 0.5) is 0 Å². The molecule has 1 aliphatic heterocycles. The highest BCUT2D eigenvalue weighted by molar-refractivity contribution is 5.95. The summed E-state index contributed by atoms with van der Waals surface area (Å²) < 4.78 is 0. The van der Waals surface area contributed by atoms with Gasteiger partial charge < -0.3 is 10.6 Å². The van der Waals surface area contributed by atoms with E-state index in [0.717, 1.165) is 25.2 Å². The Kier molecular flexibility index (Phi) is 2.96. The zero-order chi connectivity index (χ0) is 11.7. The molecule has 2 unspecified atom stereocenters. The molecule has 16 heavy (non-hydrogen) atoms. The first-order valence-corrected chi connectivity index (χ1v) is 5.64. The normalized spacial score (nSPS) is 22.4. The first kappa shape index (κ1) is 11.1. The highest BCUT2D eigenvalue weighted by atomic mass is 16.2. The highest BCUT2D eigenvalue weighted by Gasteiger charge is 2.29. The molecule has 0 aromatic carbocycles. The van der Waals surface area contributed by atoms with E-state index in [-0.39, 0.29) is 11.9 Å². The molecule has 0 bridgehead atoms.